The molecule has 182 valence electrons. The number of aromatic nitrogens is 4. The van der Waals surface area contributed by atoms with Gasteiger partial charge in [0.15, 0.2) is 5.65 Å². The van der Waals surface area contributed by atoms with Crippen LogP contribution in [0, 0.1) is 18.8 Å². The summed E-state index contributed by atoms with van der Waals surface area (Å²) in [4.78, 5) is 14.6. The van der Waals surface area contributed by atoms with Gasteiger partial charge in [0, 0.05) is 42.8 Å². The molecule has 0 aliphatic carbocycles. The largest absolute Gasteiger partial charge is 0.396 e. The molecule has 4 heterocycles. The van der Waals surface area contributed by atoms with Crippen molar-refractivity contribution in [2.24, 2.45) is 11.8 Å². The van der Waals surface area contributed by atoms with E-state index in [1.54, 1.807) is 6.07 Å². The second kappa shape index (κ2) is 9.97. The fraction of sp³-hybridized carbons (Fsp3) is 0.560. The quantitative estimate of drug-likeness (QED) is 0.509. The lowest BCUT2D eigenvalue weighted by Crippen LogP contribution is -2.54. The van der Waals surface area contributed by atoms with Crippen LogP contribution >= 0.6 is 23.2 Å². The molecule has 9 heteroatoms. The van der Waals surface area contributed by atoms with Crippen LogP contribution in [0.3, 0.4) is 0 Å². The van der Waals surface area contributed by atoms with Crippen molar-refractivity contribution in [2.45, 2.75) is 39.2 Å². The van der Waals surface area contributed by atoms with Crippen LogP contribution in [-0.2, 0) is 0 Å². The second-order valence-corrected chi connectivity index (χ2v) is 10.6. The van der Waals surface area contributed by atoms with Gasteiger partial charge in [0.1, 0.15) is 11.3 Å². The number of hydrogen-bond acceptors (Lipinski definition) is 6. The molecule has 2 atom stereocenters. The van der Waals surface area contributed by atoms with Crippen LogP contribution in [0.4, 0.5) is 5.82 Å². The Hall–Kier alpha value is -1.93. The maximum atomic E-state index is 9.15. The van der Waals surface area contributed by atoms with Crippen molar-refractivity contribution in [3.8, 4) is 0 Å². The van der Waals surface area contributed by atoms with Crippen LogP contribution < -0.4 is 4.90 Å². The van der Waals surface area contributed by atoms with Crippen molar-refractivity contribution in [1.82, 2.24) is 24.6 Å². The SMILES string of the molecule is Cc1nn([C@H](C)c2ccc(Cl)cc2Cl)c2nc(N3CC([C@@H]4CCCN(CCCO)C4)C3)cnc12. The molecular weight excluding hydrogens is 471 g/mol. The molecule has 2 fully saturated rings. The summed E-state index contributed by atoms with van der Waals surface area (Å²) in [7, 11) is 0. The molecule has 0 bridgehead atoms. The maximum Gasteiger partial charge on any atom is 0.179 e. The van der Waals surface area contributed by atoms with Gasteiger partial charge in [0.2, 0.25) is 0 Å². The van der Waals surface area contributed by atoms with Crippen LogP contribution in [0.1, 0.15) is 43.5 Å². The molecule has 2 saturated heterocycles. The summed E-state index contributed by atoms with van der Waals surface area (Å²) in [6, 6.07) is 5.47. The van der Waals surface area contributed by atoms with Crippen LogP contribution in [0.5, 0.6) is 0 Å². The lowest BCUT2D eigenvalue weighted by molar-refractivity contribution is 0.112. The van der Waals surface area contributed by atoms with E-state index in [9.17, 15) is 0 Å². The Morgan fingerprint density at radius 2 is 2.00 bits per heavy atom. The van der Waals surface area contributed by atoms with Crippen LogP contribution in [0.25, 0.3) is 11.2 Å². The summed E-state index contributed by atoms with van der Waals surface area (Å²) in [5, 5.41) is 15.1. The smallest absolute Gasteiger partial charge is 0.179 e. The van der Waals surface area contributed by atoms with E-state index < -0.39 is 0 Å². The first kappa shape index (κ1) is 23.8. The summed E-state index contributed by atoms with van der Waals surface area (Å²) in [5.41, 5.74) is 3.42. The lowest BCUT2D eigenvalue weighted by Gasteiger charge is -2.47. The molecule has 0 amide bonds. The number of fused-ring (bicyclic) bond motifs is 1. The number of anilines is 1. The van der Waals surface area contributed by atoms with Gasteiger partial charge in [0.25, 0.3) is 0 Å². The van der Waals surface area contributed by atoms with Crippen molar-refractivity contribution in [1.29, 1.82) is 0 Å². The summed E-state index contributed by atoms with van der Waals surface area (Å²) in [5.74, 6) is 2.32. The molecule has 1 N–H and O–H groups in total. The first-order valence-electron chi connectivity index (χ1n) is 12.2. The van der Waals surface area contributed by atoms with Gasteiger partial charge >= 0.3 is 0 Å². The fourth-order valence-electron chi connectivity index (χ4n) is 5.41. The number of likely N-dealkylation sites (tertiary alicyclic amines) is 1. The molecule has 0 saturated carbocycles. The molecular formula is C25H32Cl2N6O. The standard InChI is InChI=1S/C25H32Cl2N6O/c1-16-24-25(33(30-16)17(2)21-7-6-20(26)11-22(21)27)29-23(12-28-24)32-14-19(15-32)18-5-3-8-31(13-18)9-4-10-34/h6-7,11-12,17-19,34H,3-5,8-10,13-15H2,1-2H3/t17-,18-/m1/s1. The van der Waals surface area contributed by atoms with E-state index >= 15 is 0 Å². The third-order valence-corrected chi connectivity index (χ3v) is 7.98. The summed E-state index contributed by atoms with van der Waals surface area (Å²) in [6.07, 6.45) is 5.30. The normalized spacial score (nSPS) is 20.6. The topological polar surface area (TPSA) is 70.3 Å². The van der Waals surface area contributed by atoms with E-state index in [1.807, 2.05) is 29.9 Å². The lowest BCUT2D eigenvalue weighted by atomic mass is 9.80. The van der Waals surface area contributed by atoms with Gasteiger partial charge < -0.3 is 14.9 Å². The number of rotatable bonds is 7. The number of nitrogens with zero attached hydrogens (tertiary/aromatic N) is 6. The fourth-order valence-corrected chi connectivity index (χ4v) is 5.97. The highest BCUT2D eigenvalue weighted by atomic mass is 35.5. The molecule has 0 unspecified atom stereocenters. The molecule has 2 aromatic heterocycles. The zero-order chi connectivity index (χ0) is 23.8. The minimum atomic E-state index is -0.0956. The molecule has 0 spiro atoms. The third kappa shape index (κ3) is 4.63. The number of aliphatic hydroxyl groups is 1. The number of benzene rings is 1. The van der Waals surface area contributed by atoms with Gasteiger partial charge in [-0.3, -0.25) is 0 Å². The molecule has 3 aromatic rings. The van der Waals surface area contributed by atoms with Gasteiger partial charge in [-0.2, -0.15) is 5.10 Å². The minimum absolute atomic E-state index is 0.0956. The van der Waals surface area contributed by atoms with E-state index in [0.29, 0.717) is 16.0 Å². The third-order valence-electron chi connectivity index (χ3n) is 7.41. The van der Waals surface area contributed by atoms with Crippen molar-refractivity contribution < 1.29 is 5.11 Å². The number of hydrogen-bond donors (Lipinski definition) is 1. The van der Waals surface area contributed by atoms with Gasteiger partial charge in [-0.05, 0) is 69.2 Å². The highest BCUT2D eigenvalue weighted by Crippen LogP contribution is 2.35. The molecule has 2 aliphatic rings. The van der Waals surface area contributed by atoms with E-state index in [4.69, 9.17) is 43.4 Å². The highest BCUT2D eigenvalue weighted by Gasteiger charge is 2.36. The number of aliphatic hydroxyl groups excluding tert-OH is 1. The molecule has 34 heavy (non-hydrogen) atoms. The van der Waals surface area contributed by atoms with Gasteiger partial charge in [-0.1, -0.05) is 29.3 Å². The minimum Gasteiger partial charge on any atom is -0.396 e. The molecule has 7 nitrogen and oxygen atoms in total. The Labute approximate surface area is 210 Å². The summed E-state index contributed by atoms with van der Waals surface area (Å²) < 4.78 is 1.92. The van der Waals surface area contributed by atoms with E-state index in [0.717, 1.165) is 73.3 Å². The van der Waals surface area contributed by atoms with Gasteiger partial charge in [-0.15, -0.1) is 0 Å². The van der Waals surface area contributed by atoms with E-state index in [-0.39, 0.29) is 12.6 Å². The average Bonchev–Trinajstić information content (AvgIpc) is 3.12. The molecule has 0 radical (unpaired) electrons. The molecule has 1 aromatic carbocycles. The summed E-state index contributed by atoms with van der Waals surface area (Å²) >= 11 is 12.6. The summed E-state index contributed by atoms with van der Waals surface area (Å²) in [6.45, 7) is 9.66. The Morgan fingerprint density at radius 3 is 2.76 bits per heavy atom. The average molecular weight is 503 g/mol. The first-order chi connectivity index (χ1) is 16.4. The van der Waals surface area contributed by atoms with E-state index in [1.165, 1.54) is 12.8 Å². The Morgan fingerprint density at radius 1 is 1.18 bits per heavy atom. The first-order valence-corrected chi connectivity index (χ1v) is 12.9. The van der Waals surface area contributed by atoms with Crippen molar-refractivity contribution in [3.05, 3.63) is 45.7 Å². The zero-order valence-corrected chi connectivity index (χ0v) is 21.3. The van der Waals surface area contributed by atoms with Gasteiger partial charge in [0.05, 0.1) is 17.9 Å². The number of piperidine rings is 1. The van der Waals surface area contributed by atoms with Crippen molar-refractivity contribution in [2.75, 3.05) is 44.2 Å². The van der Waals surface area contributed by atoms with Crippen molar-refractivity contribution >= 4 is 40.2 Å². The monoisotopic (exact) mass is 502 g/mol. The number of halogens is 2. The Balaban J connectivity index is 1.32. The van der Waals surface area contributed by atoms with Crippen LogP contribution in [-0.4, -0.2) is 69.1 Å². The molecule has 5 rings (SSSR count). The Kier molecular flexibility index (Phi) is 6.98. The highest BCUT2D eigenvalue weighted by molar-refractivity contribution is 6.35. The van der Waals surface area contributed by atoms with Crippen molar-refractivity contribution in [3.63, 3.8) is 0 Å². The second-order valence-electron chi connectivity index (χ2n) is 9.72. The molecule has 2 aliphatic heterocycles. The van der Waals surface area contributed by atoms with Gasteiger partial charge in [-0.25, -0.2) is 14.6 Å². The van der Waals surface area contributed by atoms with E-state index in [2.05, 4.69) is 16.7 Å². The van der Waals surface area contributed by atoms with Crippen LogP contribution in [0.2, 0.25) is 10.0 Å². The Bertz CT molecular complexity index is 1160. The maximum absolute atomic E-state index is 9.15. The predicted octanol–water partition coefficient (Wildman–Crippen LogP) is 4.58. The predicted molar refractivity (Wildman–Crippen MR) is 137 cm³/mol. The zero-order valence-electron chi connectivity index (χ0n) is 19.8. The van der Waals surface area contributed by atoms with Crippen LogP contribution in [0.15, 0.2) is 24.4 Å². The number of aryl methyl sites for hydroxylation is 1.